The van der Waals surface area contributed by atoms with Gasteiger partial charge in [0, 0.05) is 17.8 Å². The van der Waals surface area contributed by atoms with Crippen LogP contribution in [0.15, 0.2) is 17.1 Å². The Morgan fingerprint density at radius 3 is 2.73 bits per heavy atom. The maximum Gasteiger partial charge on any atom is 0.573 e. The molecular formula is C8H5F3N2O2. The van der Waals surface area contributed by atoms with Crippen LogP contribution in [-0.2, 0) is 6.42 Å². The zero-order chi connectivity index (χ0) is 11.5. The average molecular weight is 218 g/mol. The van der Waals surface area contributed by atoms with Crippen molar-refractivity contribution in [3.8, 4) is 11.8 Å². The predicted octanol–water partition coefficient (Wildman–Crippen LogP) is 1.34. The number of ether oxygens (including phenoxy) is 1. The molecule has 1 heterocycles. The van der Waals surface area contributed by atoms with E-state index in [1.165, 1.54) is 0 Å². The first-order valence-electron chi connectivity index (χ1n) is 3.76. The molecule has 0 bridgehead atoms. The van der Waals surface area contributed by atoms with Crippen molar-refractivity contribution in [2.24, 2.45) is 0 Å². The highest BCUT2D eigenvalue weighted by Crippen LogP contribution is 2.24. The molecule has 4 nitrogen and oxygen atoms in total. The number of hydrogen-bond acceptors (Lipinski definition) is 3. The van der Waals surface area contributed by atoms with Gasteiger partial charge in [-0.2, -0.15) is 5.26 Å². The van der Waals surface area contributed by atoms with Crippen molar-refractivity contribution in [3.05, 3.63) is 28.2 Å². The van der Waals surface area contributed by atoms with Crippen LogP contribution in [0.3, 0.4) is 0 Å². The van der Waals surface area contributed by atoms with Gasteiger partial charge in [0.2, 0.25) is 5.56 Å². The fourth-order valence-corrected chi connectivity index (χ4v) is 0.943. The number of nitriles is 1. The minimum Gasteiger partial charge on any atom is -0.404 e. The second-order valence-corrected chi connectivity index (χ2v) is 2.57. The number of aromatic amines is 1. The Morgan fingerprint density at radius 2 is 2.20 bits per heavy atom. The highest BCUT2D eigenvalue weighted by atomic mass is 19.4. The Labute approximate surface area is 81.9 Å². The van der Waals surface area contributed by atoms with Gasteiger partial charge < -0.3 is 9.72 Å². The number of rotatable bonds is 2. The molecule has 0 aliphatic carbocycles. The number of nitrogens with one attached hydrogen (secondary N) is 1. The summed E-state index contributed by atoms with van der Waals surface area (Å²) in [6.45, 7) is 0. The lowest BCUT2D eigenvalue weighted by molar-refractivity contribution is -0.275. The minimum atomic E-state index is -4.84. The molecule has 0 spiro atoms. The van der Waals surface area contributed by atoms with Crippen LogP contribution in [0.4, 0.5) is 13.2 Å². The second-order valence-electron chi connectivity index (χ2n) is 2.57. The monoisotopic (exact) mass is 218 g/mol. The fraction of sp³-hybridized carbons (Fsp3) is 0.250. The average Bonchev–Trinajstić information content (AvgIpc) is 2.08. The predicted molar refractivity (Wildman–Crippen MR) is 43.1 cm³/mol. The van der Waals surface area contributed by atoms with Crippen LogP contribution in [0.2, 0.25) is 0 Å². The van der Waals surface area contributed by atoms with Gasteiger partial charge >= 0.3 is 6.36 Å². The molecule has 1 aromatic heterocycles. The summed E-state index contributed by atoms with van der Waals surface area (Å²) in [5.41, 5.74) is -0.687. The van der Waals surface area contributed by atoms with Gasteiger partial charge in [-0.1, -0.05) is 0 Å². The van der Waals surface area contributed by atoms with Crippen LogP contribution >= 0.6 is 0 Å². The molecule has 15 heavy (non-hydrogen) atoms. The molecule has 80 valence electrons. The summed E-state index contributed by atoms with van der Waals surface area (Å²) in [6.07, 6.45) is -4.39. The molecule has 0 saturated heterocycles. The molecule has 0 saturated carbocycles. The van der Waals surface area contributed by atoms with E-state index in [4.69, 9.17) is 5.26 Å². The number of pyridine rings is 1. The van der Waals surface area contributed by atoms with Gasteiger partial charge in [-0.15, -0.1) is 13.2 Å². The van der Waals surface area contributed by atoms with Gasteiger partial charge in [-0.05, 0) is 0 Å². The molecule has 0 fully saturated rings. The van der Waals surface area contributed by atoms with E-state index in [1.807, 2.05) is 4.98 Å². The first kappa shape index (κ1) is 11.1. The maximum absolute atomic E-state index is 11.9. The van der Waals surface area contributed by atoms with Crippen molar-refractivity contribution in [2.75, 3.05) is 0 Å². The summed E-state index contributed by atoms with van der Waals surface area (Å²) in [7, 11) is 0. The molecule has 0 aromatic carbocycles. The number of nitrogens with zero attached hydrogens (tertiary/aromatic N) is 1. The summed E-state index contributed by atoms with van der Waals surface area (Å²) < 4.78 is 39.2. The van der Waals surface area contributed by atoms with Crippen LogP contribution in [0, 0.1) is 11.3 Å². The SMILES string of the molecule is N#CCc1cc(=O)[nH]cc1OC(F)(F)F. The van der Waals surface area contributed by atoms with Gasteiger partial charge in [-0.25, -0.2) is 0 Å². The highest BCUT2D eigenvalue weighted by Gasteiger charge is 2.32. The molecule has 1 N–H and O–H groups in total. The van der Waals surface area contributed by atoms with Crippen molar-refractivity contribution >= 4 is 0 Å². The van der Waals surface area contributed by atoms with Gasteiger partial charge in [0.05, 0.1) is 12.5 Å². The fourth-order valence-electron chi connectivity index (χ4n) is 0.943. The smallest absolute Gasteiger partial charge is 0.404 e. The van der Waals surface area contributed by atoms with E-state index >= 15 is 0 Å². The number of hydrogen-bond donors (Lipinski definition) is 1. The third-order valence-corrected chi connectivity index (χ3v) is 1.46. The first-order chi connectivity index (χ1) is 6.92. The Balaban J connectivity index is 3.07. The van der Waals surface area contributed by atoms with E-state index in [0.29, 0.717) is 0 Å². The van der Waals surface area contributed by atoms with E-state index in [-0.39, 0.29) is 12.0 Å². The Kier molecular flexibility index (Phi) is 2.99. The van der Waals surface area contributed by atoms with Crippen LogP contribution in [-0.4, -0.2) is 11.3 Å². The molecular weight excluding hydrogens is 213 g/mol. The summed E-state index contributed by atoms with van der Waals surface area (Å²) in [5.74, 6) is -0.566. The quantitative estimate of drug-likeness (QED) is 0.814. The summed E-state index contributed by atoms with van der Waals surface area (Å²) in [4.78, 5) is 12.8. The molecule has 1 aromatic rings. The lowest BCUT2D eigenvalue weighted by Crippen LogP contribution is -2.19. The van der Waals surface area contributed by atoms with Gasteiger partial charge in [0.15, 0.2) is 0 Å². The van der Waals surface area contributed by atoms with E-state index in [1.54, 1.807) is 6.07 Å². The maximum atomic E-state index is 11.9. The standard InChI is InChI=1S/C8H5F3N2O2/c9-8(10,11)15-6-4-13-7(14)3-5(6)1-2-12/h3-4H,1H2,(H,13,14). The summed E-state index contributed by atoms with van der Waals surface area (Å²) in [5, 5.41) is 8.33. The molecule has 1 rings (SSSR count). The van der Waals surface area contributed by atoms with Crippen molar-refractivity contribution < 1.29 is 17.9 Å². The summed E-state index contributed by atoms with van der Waals surface area (Å²) >= 11 is 0. The Bertz CT molecular complexity index is 444. The molecule has 0 aliphatic heterocycles. The van der Waals surface area contributed by atoms with Crippen LogP contribution in [0.1, 0.15) is 5.56 Å². The Morgan fingerprint density at radius 1 is 1.53 bits per heavy atom. The van der Waals surface area contributed by atoms with Crippen LogP contribution in [0.5, 0.6) is 5.75 Å². The third-order valence-electron chi connectivity index (χ3n) is 1.46. The number of alkyl halides is 3. The lowest BCUT2D eigenvalue weighted by Gasteiger charge is -2.10. The molecule has 0 unspecified atom stereocenters. The van der Waals surface area contributed by atoms with Gasteiger partial charge in [-0.3, -0.25) is 4.79 Å². The largest absolute Gasteiger partial charge is 0.573 e. The lowest BCUT2D eigenvalue weighted by atomic mass is 10.2. The van der Waals surface area contributed by atoms with Crippen molar-refractivity contribution in [1.29, 1.82) is 5.26 Å². The van der Waals surface area contributed by atoms with Gasteiger partial charge in [0.1, 0.15) is 5.75 Å². The topological polar surface area (TPSA) is 65.9 Å². The van der Waals surface area contributed by atoms with Crippen LogP contribution in [0.25, 0.3) is 0 Å². The van der Waals surface area contributed by atoms with Crippen molar-refractivity contribution in [1.82, 2.24) is 4.98 Å². The van der Waals surface area contributed by atoms with E-state index in [9.17, 15) is 18.0 Å². The number of H-pyrrole nitrogens is 1. The van der Waals surface area contributed by atoms with Gasteiger partial charge in [0.25, 0.3) is 0 Å². The second kappa shape index (κ2) is 4.04. The number of aromatic nitrogens is 1. The van der Waals surface area contributed by atoms with Crippen molar-refractivity contribution in [3.63, 3.8) is 0 Å². The van der Waals surface area contributed by atoms with E-state index < -0.39 is 17.7 Å². The van der Waals surface area contributed by atoms with Crippen LogP contribution < -0.4 is 10.3 Å². The Hall–Kier alpha value is -1.97. The molecule has 0 aliphatic rings. The minimum absolute atomic E-state index is 0.0985. The molecule has 0 amide bonds. The molecule has 7 heteroatoms. The van der Waals surface area contributed by atoms with E-state index in [2.05, 4.69) is 4.74 Å². The normalized spacial score (nSPS) is 10.8. The molecule has 0 radical (unpaired) electrons. The molecule has 0 atom stereocenters. The zero-order valence-electron chi connectivity index (χ0n) is 7.26. The third kappa shape index (κ3) is 3.34. The first-order valence-corrected chi connectivity index (χ1v) is 3.76. The zero-order valence-corrected chi connectivity index (χ0v) is 7.26. The van der Waals surface area contributed by atoms with Crippen molar-refractivity contribution in [2.45, 2.75) is 12.8 Å². The summed E-state index contributed by atoms with van der Waals surface area (Å²) in [6, 6.07) is 2.53. The number of halogens is 3. The van der Waals surface area contributed by atoms with E-state index in [0.717, 1.165) is 12.3 Å². The highest BCUT2D eigenvalue weighted by molar-refractivity contribution is 5.32.